The van der Waals surface area contributed by atoms with Gasteiger partial charge in [0, 0.05) is 5.69 Å². The van der Waals surface area contributed by atoms with Crippen LogP contribution in [0.2, 0.25) is 0 Å². The van der Waals surface area contributed by atoms with Crippen LogP contribution in [0.3, 0.4) is 0 Å². The molecule has 0 bridgehead atoms. The molecule has 3 rings (SSSR count). The van der Waals surface area contributed by atoms with Gasteiger partial charge in [0.25, 0.3) is 5.91 Å². The fourth-order valence-corrected chi connectivity index (χ4v) is 2.11. The first kappa shape index (κ1) is 15.4. The fourth-order valence-electron chi connectivity index (χ4n) is 2.11. The Hall–Kier alpha value is -2.49. The van der Waals surface area contributed by atoms with Gasteiger partial charge in [-0.25, -0.2) is 0 Å². The van der Waals surface area contributed by atoms with Crippen LogP contribution in [0.1, 0.15) is 18.4 Å². The number of aryl methyl sites for hydroxylation is 1. The van der Waals surface area contributed by atoms with Gasteiger partial charge in [0.1, 0.15) is 11.5 Å². The van der Waals surface area contributed by atoms with Gasteiger partial charge in [0.05, 0.1) is 6.61 Å². The summed E-state index contributed by atoms with van der Waals surface area (Å²) < 4.78 is 11.2. The number of benzene rings is 2. The molecule has 0 spiro atoms. The quantitative estimate of drug-likeness (QED) is 0.846. The molecule has 1 aliphatic carbocycles. The molecule has 0 unspecified atom stereocenters. The second-order valence-electron chi connectivity index (χ2n) is 5.93. The van der Waals surface area contributed by atoms with Crippen molar-refractivity contribution in [2.45, 2.75) is 19.8 Å². The largest absolute Gasteiger partial charge is 0.493 e. The van der Waals surface area contributed by atoms with Gasteiger partial charge in [-0.05, 0) is 62.1 Å². The summed E-state index contributed by atoms with van der Waals surface area (Å²) in [7, 11) is 0. The molecule has 0 aromatic heterocycles. The molecule has 0 radical (unpaired) electrons. The van der Waals surface area contributed by atoms with Crippen LogP contribution in [0.25, 0.3) is 0 Å². The Kier molecular flexibility index (Phi) is 4.81. The van der Waals surface area contributed by atoms with Gasteiger partial charge in [-0.2, -0.15) is 0 Å². The third kappa shape index (κ3) is 5.02. The van der Waals surface area contributed by atoms with Gasteiger partial charge in [-0.15, -0.1) is 0 Å². The molecule has 1 aliphatic rings. The van der Waals surface area contributed by atoms with Crippen LogP contribution in [-0.4, -0.2) is 19.1 Å². The molecule has 0 atom stereocenters. The Bertz CT molecular complexity index is 645. The minimum absolute atomic E-state index is 0.0177. The fraction of sp³-hybridized carbons (Fsp3) is 0.316. The number of ether oxygens (including phenoxy) is 2. The first-order chi connectivity index (χ1) is 11.2. The molecule has 1 fully saturated rings. The number of amides is 1. The Morgan fingerprint density at radius 2 is 1.61 bits per heavy atom. The molecule has 1 N–H and O–H groups in total. The first-order valence-corrected chi connectivity index (χ1v) is 7.91. The number of nitrogens with one attached hydrogen (secondary N) is 1. The van der Waals surface area contributed by atoms with Gasteiger partial charge in [-0.3, -0.25) is 4.79 Å². The first-order valence-electron chi connectivity index (χ1n) is 7.91. The molecule has 0 saturated heterocycles. The Balaban J connectivity index is 1.43. The van der Waals surface area contributed by atoms with E-state index in [2.05, 4.69) is 5.32 Å². The predicted octanol–water partition coefficient (Wildman–Crippen LogP) is 3.80. The Morgan fingerprint density at radius 1 is 1.00 bits per heavy atom. The molecule has 4 nitrogen and oxygen atoms in total. The summed E-state index contributed by atoms with van der Waals surface area (Å²) in [6.07, 6.45) is 2.55. The zero-order chi connectivity index (χ0) is 16.1. The van der Waals surface area contributed by atoms with Gasteiger partial charge < -0.3 is 14.8 Å². The number of rotatable bonds is 7. The average Bonchev–Trinajstić information content (AvgIpc) is 3.38. The van der Waals surface area contributed by atoms with E-state index in [1.54, 1.807) is 0 Å². The van der Waals surface area contributed by atoms with E-state index in [9.17, 15) is 4.79 Å². The number of anilines is 1. The lowest BCUT2D eigenvalue weighted by Crippen LogP contribution is -2.20. The van der Waals surface area contributed by atoms with Crippen molar-refractivity contribution in [2.75, 3.05) is 18.5 Å². The topological polar surface area (TPSA) is 47.6 Å². The molecule has 2 aromatic carbocycles. The van der Waals surface area contributed by atoms with Gasteiger partial charge >= 0.3 is 0 Å². The van der Waals surface area contributed by atoms with Crippen molar-refractivity contribution < 1.29 is 14.3 Å². The lowest BCUT2D eigenvalue weighted by atomic mass is 10.2. The van der Waals surface area contributed by atoms with Crippen molar-refractivity contribution in [2.24, 2.45) is 5.92 Å². The van der Waals surface area contributed by atoms with Crippen molar-refractivity contribution in [1.82, 2.24) is 0 Å². The van der Waals surface area contributed by atoms with E-state index >= 15 is 0 Å². The van der Waals surface area contributed by atoms with Crippen molar-refractivity contribution in [3.63, 3.8) is 0 Å². The molecule has 0 aliphatic heterocycles. The molecule has 0 heterocycles. The zero-order valence-electron chi connectivity index (χ0n) is 13.2. The van der Waals surface area contributed by atoms with E-state index in [0.29, 0.717) is 5.75 Å². The third-order valence-electron chi connectivity index (χ3n) is 3.71. The van der Waals surface area contributed by atoms with E-state index in [1.807, 2.05) is 55.5 Å². The van der Waals surface area contributed by atoms with E-state index in [-0.39, 0.29) is 12.5 Å². The standard InChI is InChI=1S/C19H21NO3/c1-14-2-6-16(7-3-14)20-19(21)13-23-18-10-8-17(9-11-18)22-12-15-4-5-15/h2-3,6-11,15H,4-5,12-13H2,1H3,(H,20,21). The minimum Gasteiger partial charge on any atom is -0.493 e. The predicted molar refractivity (Wildman–Crippen MR) is 90.0 cm³/mol. The summed E-state index contributed by atoms with van der Waals surface area (Å²) >= 11 is 0. The Labute approximate surface area is 136 Å². The van der Waals surface area contributed by atoms with Crippen LogP contribution in [0.5, 0.6) is 11.5 Å². The molecule has 2 aromatic rings. The highest BCUT2D eigenvalue weighted by Crippen LogP contribution is 2.29. The maximum atomic E-state index is 11.9. The minimum atomic E-state index is -0.178. The number of carbonyl (C=O) groups is 1. The van der Waals surface area contributed by atoms with E-state index in [0.717, 1.165) is 29.5 Å². The number of hydrogen-bond donors (Lipinski definition) is 1. The summed E-state index contributed by atoms with van der Waals surface area (Å²) in [5, 5.41) is 2.80. The molecule has 1 saturated carbocycles. The molecule has 120 valence electrons. The molecular formula is C19H21NO3. The van der Waals surface area contributed by atoms with Crippen LogP contribution in [0, 0.1) is 12.8 Å². The van der Waals surface area contributed by atoms with Crippen LogP contribution in [-0.2, 0) is 4.79 Å². The van der Waals surface area contributed by atoms with Crippen molar-refractivity contribution in [3.8, 4) is 11.5 Å². The van der Waals surface area contributed by atoms with E-state index in [1.165, 1.54) is 12.8 Å². The van der Waals surface area contributed by atoms with Crippen molar-refractivity contribution in [3.05, 3.63) is 54.1 Å². The van der Waals surface area contributed by atoms with Gasteiger partial charge in [0.2, 0.25) is 0 Å². The SMILES string of the molecule is Cc1ccc(NC(=O)COc2ccc(OCC3CC3)cc2)cc1. The average molecular weight is 311 g/mol. The van der Waals surface area contributed by atoms with Crippen molar-refractivity contribution in [1.29, 1.82) is 0 Å². The summed E-state index contributed by atoms with van der Waals surface area (Å²) in [4.78, 5) is 11.9. The number of hydrogen-bond acceptors (Lipinski definition) is 3. The normalized spacial score (nSPS) is 13.4. The molecule has 4 heteroatoms. The third-order valence-corrected chi connectivity index (χ3v) is 3.71. The van der Waals surface area contributed by atoms with E-state index < -0.39 is 0 Å². The lowest BCUT2D eigenvalue weighted by Gasteiger charge is -2.09. The second-order valence-corrected chi connectivity index (χ2v) is 5.93. The number of carbonyl (C=O) groups excluding carboxylic acids is 1. The van der Waals surface area contributed by atoms with Crippen LogP contribution in [0.4, 0.5) is 5.69 Å². The highest BCUT2D eigenvalue weighted by molar-refractivity contribution is 5.91. The van der Waals surface area contributed by atoms with E-state index in [4.69, 9.17) is 9.47 Å². The van der Waals surface area contributed by atoms with Crippen LogP contribution in [0.15, 0.2) is 48.5 Å². The second kappa shape index (κ2) is 7.18. The summed E-state index contributed by atoms with van der Waals surface area (Å²) in [6, 6.07) is 15.0. The smallest absolute Gasteiger partial charge is 0.262 e. The van der Waals surface area contributed by atoms with Gasteiger partial charge in [-0.1, -0.05) is 17.7 Å². The lowest BCUT2D eigenvalue weighted by molar-refractivity contribution is -0.118. The highest BCUT2D eigenvalue weighted by Gasteiger charge is 2.21. The van der Waals surface area contributed by atoms with Crippen LogP contribution < -0.4 is 14.8 Å². The summed E-state index contributed by atoms with van der Waals surface area (Å²) in [5.41, 5.74) is 1.93. The van der Waals surface area contributed by atoms with Gasteiger partial charge in [0.15, 0.2) is 6.61 Å². The molecular weight excluding hydrogens is 290 g/mol. The highest BCUT2D eigenvalue weighted by atomic mass is 16.5. The molecule has 1 amide bonds. The molecule has 23 heavy (non-hydrogen) atoms. The summed E-state index contributed by atoms with van der Waals surface area (Å²) in [6.45, 7) is 2.78. The monoisotopic (exact) mass is 311 g/mol. The van der Waals surface area contributed by atoms with Crippen LogP contribution >= 0.6 is 0 Å². The Morgan fingerprint density at radius 3 is 2.22 bits per heavy atom. The maximum absolute atomic E-state index is 11.9. The van der Waals surface area contributed by atoms with Crippen molar-refractivity contribution >= 4 is 11.6 Å². The zero-order valence-corrected chi connectivity index (χ0v) is 13.2. The summed E-state index contributed by atoms with van der Waals surface area (Å²) in [5.74, 6) is 2.05. The maximum Gasteiger partial charge on any atom is 0.262 e.